The Morgan fingerprint density at radius 3 is 2.21 bits per heavy atom. The normalized spacial score (nSPS) is 21.6. The zero-order valence-corrected chi connectivity index (χ0v) is 21.4. The Labute approximate surface area is 209 Å². The van der Waals surface area contributed by atoms with Crippen molar-refractivity contribution in [2.75, 3.05) is 27.3 Å². The highest BCUT2D eigenvalue weighted by Gasteiger charge is 2.28. The predicted molar refractivity (Wildman–Crippen MR) is 137 cm³/mol. The summed E-state index contributed by atoms with van der Waals surface area (Å²) >= 11 is 0. The van der Waals surface area contributed by atoms with E-state index in [-0.39, 0.29) is 24.4 Å². The predicted octanol–water partition coefficient (Wildman–Crippen LogP) is 5.80. The maximum Gasteiger partial charge on any atom is 0.253 e. The molecule has 1 heterocycles. The van der Waals surface area contributed by atoms with Crippen LogP contribution in [0.3, 0.4) is 0 Å². The molecule has 6 heteroatoms. The summed E-state index contributed by atoms with van der Waals surface area (Å²) in [7, 11) is 3.39. The van der Waals surface area contributed by atoms with E-state index in [1.165, 1.54) is 30.4 Å². The number of piperidine rings is 1. The van der Waals surface area contributed by atoms with Gasteiger partial charge in [0.25, 0.3) is 5.91 Å². The molecule has 1 amide bonds. The van der Waals surface area contributed by atoms with Gasteiger partial charge < -0.3 is 19.5 Å². The number of carbonyl (C=O) groups excluding carboxylic acids is 1. The minimum atomic E-state index is -0.264. The first-order chi connectivity index (χ1) is 16.0. The maximum atomic E-state index is 12.8. The van der Waals surface area contributed by atoms with Crippen LogP contribution in [0.25, 0.3) is 0 Å². The van der Waals surface area contributed by atoms with Crippen LogP contribution in [0.1, 0.15) is 78.8 Å². The molecule has 2 aliphatic rings. The van der Waals surface area contributed by atoms with Crippen LogP contribution in [0.2, 0.25) is 0 Å². The first-order valence-corrected chi connectivity index (χ1v) is 12.3. The van der Waals surface area contributed by atoms with E-state index in [4.69, 9.17) is 9.47 Å². The Bertz CT molecular complexity index is 918. The van der Waals surface area contributed by atoms with Crippen molar-refractivity contribution in [3.63, 3.8) is 0 Å². The monoisotopic (exact) mass is 487 g/mol. The quantitative estimate of drug-likeness (QED) is 0.536. The highest BCUT2D eigenvalue weighted by atomic mass is 35.5. The van der Waals surface area contributed by atoms with Crippen molar-refractivity contribution in [3.8, 4) is 11.5 Å². The number of benzene rings is 2. The molecule has 0 bridgehead atoms. The van der Waals surface area contributed by atoms with Crippen LogP contribution in [0.5, 0.6) is 11.5 Å². The summed E-state index contributed by atoms with van der Waals surface area (Å²) in [5.74, 6) is 3.48. The first kappa shape index (κ1) is 26.4. The molecule has 1 saturated heterocycles. The highest BCUT2D eigenvalue weighted by molar-refractivity contribution is 5.94. The lowest BCUT2D eigenvalue weighted by Crippen LogP contribution is -2.40. The molecule has 5 nitrogen and oxygen atoms in total. The van der Waals surface area contributed by atoms with E-state index in [0.717, 1.165) is 23.5 Å². The number of aliphatic hydroxyl groups excluding tert-OH is 1. The molecule has 2 aromatic carbocycles. The number of likely N-dealkylation sites (tertiary alicyclic amines) is 1. The summed E-state index contributed by atoms with van der Waals surface area (Å²) in [5.41, 5.74) is 3.37. The Hall–Kier alpha value is -2.24. The molecule has 1 unspecified atom stereocenters. The number of rotatable bonds is 7. The van der Waals surface area contributed by atoms with Gasteiger partial charge in [-0.05, 0) is 91.7 Å². The van der Waals surface area contributed by atoms with Gasteiger partial charge in [-0.3, -0.25) is 4.79 Å². The van der Waals surface area contributed by atoms with Gasteiger partial charge in [-0.2, -0.15) is 0 Å². The van der Waals surface area contributed by atoms with Gasteiger partial charge in [0.05, 0.1) is 20.3 Å². The number of methoxy groups -OCH3 is 2. The van der Waals surface area contributed by atoms with Crippen molar-refractivity contribution < 1.29 is 19.4 Å². The first-order valence-electron chi connectivity index (χ1n) is 12.3. The number of ether oxygens (including phenoxy) is 2. The van der Waals surface area contributed by atoms with Crippen molar-refractivity contribution in [1.82, 2.24) is 4.90 Å². The molecule has 0 spiro atoms. The van der Waals surface area contributed by atoms with Gasteiger partial charge >= 0.3 is 0 Å². The summed E-state index contributed by atoms with van der Waals surface area (Å²) in [6, 6.07) is 14.4. The van der Waals surface area contributed by atoms with Crippen LogP contribution in [-0.4, -0.2) is 49.3 Å². The number of hydrogen-bond acceptors (Lipinski definition) is 4. The Kier molecular flexibility index (Phi) is 9.26. The highest BCUT2D eigenvalue weighted by Crippen LogP contribution is 2.43. The fraction of sp³-hybridized carbons (Fsp3) is 0.536. The second-order valence-corrected chi connectivity index (χ2v) is 9.80. The number of carbonyl (C=O) groups is 1. The van der Waals surface area contributed by atoms with E-state index < -0.39 is 0 Å². The van der Waals surface area contributed by atoms with E-state index in [0.29, 0.717) is 43.7 Å². The number of amides is 1. The smallest absolute Gasteiger partial charge is 0.253 e. The summed E-state index contributed by atoms with van der Waals surface area (Å²) in [4.78, 5) is 14.6. The van der Waals surface area contributed by atoms with Gasteiger partial charge in [-0.1, -0.05) is 19.1 Å². The molecule has 1 N–H and O–H groups in total. The zero-order valence-electron chi connectivity index (χ0n) is 20.5. The third-order valence-electron chi connectivity index (χ3n) is 7.55. The van der Waals surface area contributed by atoms with Crippen molar-refractivity contribution >= 4 is 18.3 Å². The van der Waals surface area contributed by atoms with E-state index >= 15 is 0 Å². The molecule has 3 atom stereocenters. The lowest BCUT2D eigenvalue weighted by molar-refractivity contribution is 0.0546. The molecule has 2 aromatic rings. The number of nitrogens with zero attached hydrogens (tertiary/aromatic N) is 1. The standard InChI is InChI=1S/C28H37NO4.ClH/c1-19(24-16-26(32-2)18-27(17-24)33-3)14-20-4-5-23(15-20)21-6-8-22(9-7-21)28(31)29-12-10-25(30)11-13-29;/h6-9,16-20,23,25,30H,4-5,10-15H2,1-3H3;1H/t19-,20?,23-;/m0./s1. The van der Waals surface area contributed by atoms with Crippen LogP contribution in [0, 0.1) is 5.92 Å². The van der Waals surface area contributed by atoms with Crippen molar-refractivity contribution in [1.29, 1.82) is 0 Å². The molecule has 1 saturated carbocycles. The molecule has 1 aliphatic carbocycles. The fourth-order valence-corrected chi connectivity index (χ4v) is 5.49. The topological polar surface area (TPSA) is 59.0 Å². The summed E-state index contributed by atoms with van der Waals surface area (Å²) in [5, 5.41) is 9.68. The lowest BCUT2D eigenvalue weighted by Gasteiger charge is -2.29. The van der Waals surface area contributed by atoms with Crippen LogP contribution in [-0.2, 0) is 0 Å². The zero-order chi connectivity index (χ0) is 23.4. The molecule has 2 fully saturated rings. The Morgan fingerprint density at radius 2 is 1.62 bits per heavy atom. The Balaban J connectivity index is 0.00000324. The molecule has 0 aromatic heterocycles. The fourth-order valence-electron chi connectivity index (χ4n) is 5.49. The molecule has 1 aliphatic heterocycles. The molecule has 0 radical (unpaired) electrons. The van der Waals surface area contributed by atoms with E-state index in [1.54, 1.807) is 14.2 Å². The summed E-state index contributed by atoms with van der Waals surface area (Å²) in [6.07, 6.45) is 5.89. The second kappa shape index (κ2) is 11.9. The van der Waals surface area contributed by atoms with E-state index in [9.17, 15) is 9.90 Å². The number of hydrogen-bond donors (Lipinski definition) is 1. The van der Waals surface area contributed by atoms with E-state index in [1.807, 2.05) is 23.1 Å². The van der Waals surface area contributed by atoms with Gasteiger partial charge in [0.2, 0.25) is 0 Å². The molecule has 186 valence electrons. The Morgan fingerprint density at radius 1 is 1.00 bits per heavy atom. The van der Waals surface area contributed by atoms with E-state index in [2.05, 4.69) is 31.2 Å². The maximum absolute atomic E-state index is 12.8. The minimum absolute atomic E-state index is 0. The molecular formula is C28H38ClNO4. The molecule has 34 heavy (non-hydrogen) atoms. The van der Waals surface area contributed by atoms with Gasteiger partial charge in [-0.25, -0.2) is 0 Å². The molecule has 4 rings (SSSR count). The summed E-state index contributed by atoms with van der Waals surface area (Å²) in [6.45, 7) is 3.58. The minimum Gasteiger partial charge on any atom is -0.497 e. The van der Waals surface area contributed by atoms with Crippen LogP contribution < -0.4 is 9.47 Å². The third kappa shape index (κ3) is 6.25. The SMILES string of the molecule is COc1cc(OC)cc([C@@H](C)CC2CC[C@H](c3ccc(C(=O)N4CCC(O)CC4)cc3)C2)c1.Cl. The van der Waals surface area contributed by atoms with Crippen molar-refractivity contribution in [3.05, 3.63) is 59.2 Å². The number of halogens is 1. The van der Waals surface area contributed by atoms with Gasteiger partial charge in [0, 0.05) is 24.7 Å². The third-order valence-corrected chi connectivity index (χ3v) is 7.55. The van der Waals surface area contributed by atoms with Crippen molar-refractivity contribution in [2.24, 2.45) is 5.92 Å². The molecular weight excluding hydrogens is 450 g/mol. The van der Waals surface area contributed by atoms with Gasteiger partial charge in [-0.15, -0.1) is 12.4 Å². The van der Waals surface area contributed by atoms with Crippen LogP contribution >= 0.6 is 12.4 Å². The number of aliphatic hydroxyl groups is 1. The van der Waals surface area contributed by atoms with Crippen LogP contribution in [0.15, 0.2) is 42.5 Å². The van der Waals surface area contributed by atoms with Gasteiger partial charge in [0.15, 0.2) is 0 Å². The second-order valence-electron chi connectivity index (χ2n) is 9.80. The van der Waals surface area contributed by atoms with Gasteiger partial charge in [0.1, 0.15) is 11.5 Å². The largest absolute Gasteiger partial charge is 0.497 e. The van der Waals surface area contributed by atoms with Crippen LogP contribution in [0.4, 0.5) is 0 Å². The average molecular weight is 488 g/mol. The lowest BCUT2D eigenvalue weighted by atomic mass is 9.87. The average Bonchev–Trinajstić information content (AvgIpc) is 3.32. The summed E-state index contributed by atoms with van der Waals surface area (Å²) < 4.78 is 10.9. The van der Waals surface area contributed by atoms with Crippen molar-refractivity contribution in [2.45, 2.75) is 63.4 Å².